The van der Waals surface area contributed by atoms with Gasteiger partial charge in [0.15, 0.2) is 5.82 Å². The van der Waals surface area contributed by atoms with Crippen LogP contribution < -0.4 is 5.32 Å². The Morgan fingerprint density at radius 3 is 2.55 bits per heavy atom. The van der Waals surface area contributed by atoms with Crippen molar-refractivity contribution in [2.45, 2.75) is 71.8 Å². The predicted molar refractivity (Wildman–Crippen MR) is 95.4 cm³/mol. The Kier molecular flexibility index (Phi) is 7.52. The van der Waals surface area contributed by atoms with Crippen LogP contribution in [0.5, 0.6) is 0 Å². The van der Waals surface area contributed by atoms with Crippen molar-refractivity contribution in [1.29, 1.82) is 0 Å². The predicted octanol–water partition coefficient (Wildman–Crippen LogP) is 4.42. The van der Waals surface area contributed by atoms with Gasteiger partial charge in [0.2, 0.25) is 0 Å². The highest BCUT2D eigenvalue weighted by atomic mass is 16.3. The average molecular weight is 305 g/mol. The topological polar surface area (TPSA) is 57.5 Å². The fourth-order valence-electron chi connectivity index (χ4n) is 2.53. The van der Waals surface area contributed by atoms with Gasteiger partial charge in [-0.3, -0.25) is 4.99 Å². The van der Waals surface area contributed by atoms with Crippen molar-refractivity contribution in [3.05, 3.63) is 17.3 Å². The van der Waals surface area contributed by atoms with Crippen molar-refractivity contribution in [1.82, 2.24) is 4.98 Å². The van der Waals surface area contributed by atoms with Gasteiger partial charge < -0.3 is 10.4 Å². The van der Waals surface area contributed by atoms with Gasteiger partial charge in [-0.15, -0.1) is 0 Å². The van der Waals surface area contributed by atoms with E-state index in [0.29, 0.717) is 0 Å². The molecule has 124 valence electrons. The molecular formula is C18H31N3O. The molecule has 1 rings (SSSR count). The highest BCUT2D eigenvalue weighted by Gasteiger charge is 2.22. The summed E-state index contributed by atoms with van der Waals surface area (Å²) in [6.45, 7) is 12.8. The molecule has 0 atom stereocenters. The number of nitrogens with zero attached hydrogens (tertiary/aromatic N) is 2. The van der Waals surface area contributed by atoms with Gasteiger partial charge in [-0.25, -0.2) is 4.98 Å². The van der Waals surface area contributed by atoms with Crippen molar-refractivity contribution < 1.29 is 5.11 Å². The number of aliphatic imine (C=N–C) groups is 1. The van der Waals surface area contributed by atoms with E-state index in [2.05, 4.69) is 30.0 Å². The number of rotatable bonds is 10. The zero-order valence-corrected chi connectivity index (χ0v) is 14.6. The van der Waals surface area contributed by atoms with E-state index in [1.54, 1.807) is 0 Å². The van der Waals surface area contributed by atoms with Crippen LogP contribution in [0.2, 0.25) is 0 Å². The minimum absolute atomic E-state index is 0.583. The van der Waals surface area contributed by atoms with Crippen molar-refractivity contribution in [3.63, 3.8) is 0 Å². The van der Waals surface area contributed by atoms with E-state index >= 15 is 0 Å². The zero-order valence-electron chi connectivity index (χ0n) is 14.6. The molecule has 0 aromatic carbocycles. The Hall–Kier alpha value is -1.42. The summed E-state index contributed by atoms with van der Waals surface area (Å²) in [6.07, 6.45) is 5.31. The third-order valence-electron chi connectivity index (χ3n) is 4.38. The first-order chi connectivity index (χ1) is 10.5. The number of hydrogen-bond acceptors (Lipinski definition) is 4. The van der Waals surface area contributed by atoms with Crippen LogP contribution in [0.4, 0.5) is 11.5 Å². The normalized spacial score (nSPS) is 11.5. The van der Waals surface area contributed by atoms with Crippen LogP contribution >= 0.6 is 0 Å². The lowest BCUT2D eigenvalue weighted by molar-refractivity contribution is 0.0237. The molecule has 0 saturated heterocycles. The minimum Gasteiger partial charge on any atom is -0.390 e. The maximum absolute atomic E-state index is 10.4. The number of anilines is 1. The van der Waals surface area contributed by atoms with Crippen molar-refractivity contribution in [3.8, 4) is 0 Å². The molecule has 0 saturated carbocycles. The van der Waals surface area contributed by atoms with Gasteiger partial charge >= 0.3 is 0 Å². The number of aromatic nitrogens is 1. The summed E-state index contributed by atoms with van der Waals surface area (Å²) in [5, 5.41) is 13.8. The molecule has 0 unspecified atom stereocenters. The molecular weight excluding hydrogens is 274 g/mol. The van der Waals surface area contributed by atoms with Crippen LogP contribution in [-0.4, -0.2) is 29.0 Å². The van der Waals surface area contributed by atoms with E-state index in [4.69, 9.17) is 4.98 Å². The summed E-state index contributed by atoms with van der Waals surface area (Å²) in [6, 6.07) is 2.06. The van der Waals surface area contributed by atoms with Crippen molar-refractivity contribution >= 4 is 18.2 Å². The molecule has 22 heavy (non-hydrogen) atoms. The van der Waals surface area contributed by atoms with Crippen LogP contribution in [0, 0.1) is 6.92 Å². The summed E-state index contributed by atoms with van der Waals surface area (Å²) >= 11 is 0. The highest BCUT2D eigenvalue weighted by molar-refractivity contribution is 5.67. The zero-order chi connectivity index (χ0) is 16.6. The molecule has 4 nitrogen and oxygen atoms in total. The van der Waals surface area contributed by atoms with Crippen LogP contribution in [0.15, 0.2) is 11.1 Å². The second-order valence-electron chi connectivity index (χ2n) is 6.00. The molecule has 0 fully saturated rings. The largest absolute Gasteiger partial charge is 0.390 e. The summed E-state index contributed by atoms with van der Waals surface area (Å²) in [5.74, 6) is 0.815. The monoisotopic (exact) mass is 305 g/mol. The van der Waals surface area contributed by atoms with E-state index in [0.717, 1.165) is 67.8 Å². The van der Waals surface area contributed by atoms with E-state index in [1.807, 2.05) is 20.8 Å². The second-order valence-corrected chi connectivity index (χ2v) is 6.00. The maximum atomic E-state index is 10.4. The maximum Gasteiger partial charge on any atom is 0.152 e. The molecule has 2 N–H and O–H groups in total. The van der Waals surface area contributed by atoms with Gasteiger partial charge in [-0.2, -0.15) is 0 Å². The molecule has 0 radical (unpaired) electrons. The van der Waals surface area contributed by atoms with E-state index in [1.165, 1.54) is 0 Å². The van der Waals surface area contributed by atoms with Gasteiger partial charge in [0, 0.05) is 12.2 Å². The molecule has 0 spiro atoms. The minimum atomic E-state index is -0.583. The number of nitrogens with one attached hydrogen (secondary N) is 1. The summed E-state index contributed by atoms with van der Waals surface area (Å²) < 4.78 is 0. The lowest BCUT2D eigenvalue weighted by atomic mass is 9.91. The average Bonchev–Trinajstić information content (AvgIpc) is 2.52. The second kappa shape index (κ2) is 8.89. The van der Waals surface area contributed by atoms with Gasteiger partial charge in [-0.05, 0) is 57.4 Å². The number of hydrogen-bond donors (Lipinski definition) is 2. The molecule has 0 aliphatic carbocycles. The molecule has 1 aromatic heterocycles. The van der Waals surface area contributed by atoms with Crippen LogP contribution in [0.25, 0.3) is 0 Å². The summed E-state index contributed by atoms with van der Waals surface area (Å²) in [4.78, 5) is 8.80. The number of unbranched alkanes of at least 4 members (excludes halogenated alkanes) is 1. The SMILES string of the molecule is C=Nc1c(C)cc(CCC(O)(CC)CC)nc1NCCCC. The van der Waals surface area contributed by atoms with Crippen molar-refractivity contribution in [2.75, 3.05) is 11.9 Å². The van der Waals surface area contributed by atoms with E-state index < -0.39 is 5.60 Å². The fourth-order valence-corrected chi connectivity index (χ4v) is 2.53. The smallest absolute Gasteiger partial charge is 0.152 e. The summed E-state index contributed by atoms with van der Waals surface area (Å²) in [5.41, 5.74) is 2.33. The number of aryl methyl sites for hydroxylation is 2. The van der Waals surface area contributed by atoms with Gasteiger partial charge in [-0.1, -0.05) is 27.2 Å². The van der Waals surface area contributed by atoms with Gasteiger partial charge in [0.05, 0.1) is 5.60 Å². The van der Waals surface area contributed by atoms with Crippen LogP contribution in [0.1, 0.15) is 64.1 Å². The Morgan fingerprint density at radius 2 is 2.00 bits per heavy atom. The Balaban J connectivity index is 2.89. The molecule has 0 bridgehead atoms. The van der Waals surface area contributed by atoms with Crippen LogP contribution in [-0.2, 0) is 6.42 Å². The Bertz CT molecular complexity index is 481. The molecule has 1 aromatic rings. The third-order valence-corrected chi connectivity index (χ3v) is 4.38. The third kappa shape index (κ3) is 5.09. The quantitative estimate of drug-likeness (QED) is 0.497. The number of pyridine rings is 1. The molecule has 0 amide bonds. The first-order valence-electron chi connectivity index (χ1n) is 8.43. The lowest BCUT2D eigenvalue weighted by Gasteiger charge is -2.25. The standard InChI is InChI=1S/C18H31N3O/c1-6-9-12-20-17-16(19-5)14(4)13-15(21-17)10-11-18(22,7-2)8-3/h13,22H,5-12H2,1-4H3,(H,20,21). The number of aliphatic hydroxyl groups is 1. The lowest BCUT2D eigenvalue weighted by Crippen LogP contribution is -2.27. The van der Waals surface area contributed by atoms with E-state index in [-0.39, 0.29) is 0 Å². The molecule has 1 heterocycles. The Labute approximate surface area is 135 Å². The first-order valence-corrected chi connectivity index (χ1v) is 8.43. The first kappa shape index (κ1) is 18.6. The molecule has 0 aliphatic heterocycles. The Morgan fingerprint density at radius 1 is 1.32 bits per heavy atom. The van der Waals surface area contributed by atoms with Gasteiger partial charge in [0.1, 0.15) is 5.69 Å². The fraction of sp³-hybridized carbons (Fsp3) is 0.667. The van der Waals surface area contributed by atoms with Crippen molar-refractivity contribution in [2.24, 2.45) is 4.99 Å². The van der Waals surface area contributed by atoms with E-state index in [9.17, 15) is 5.11 Å². The highest BCUT2D eigenvalue weighted by Crippen LogP contribution is 2.29. The van der Waals surface area contributed by atoms with Gasteiger partial charge in [0.25, 0.3) is 0 Å². The van der Waals surface area contributed by atoms with Crippen LogP contribution in [0.3, 0.4) is 0 Å². The molecule has 0 aliphatic rings. The molecule has 4 heteroatoms. The summed E-state index contributed by atoms with van der Waals surface area (Å²) in [7, 11) is 0.